The summed E-state index contributed by atoms with van der Waals surface area (Å²) in [4.78, 5) is 13.7. The minimum atomic E-state index is -0.596. The van der Waals surface area contributed by atoms with Crippen LogP contribution in [0.2, 0.25) is 0 Å². The minimum Gasteiger partial charge on any atom is -0.494 e. The van der Waals surface area contributed by atoms with Crippen LogP contribution >= 0.6 is 0 Å². The Kier molecular flexibility index (Phi) is 6.97. The summed E-state index contributed by atoms with van der Waals surface area (Å²) < 4.78 is 6.02. The Hall–Kier alpha value is -4.06. The number of nitrogen functional groups attached to an aromatic ring is 2. The number of guanidine groups is 1. The number of likely N-dealkylation sites (N-methyl/N-ethyl adjacent to an activating group) is 1. The van der Waals surface area contributed by atoms with E-state index in [-0.39, 0.29) is 23.0 Å². The summed E-state index contributed by atoms with van der Waals surface area (Å²) in [7, 11) is 2.15. The third kappa shape index (κ3) is 4.96. The number of rotatable bonds is 6. The quantitative estimate of drug-likeness (QED) is 0.278. The Balaban J connectivity index is 1.52. The lowest BCUT2D eigenvalue weighted by atomic mass is 9.95. The molecule has 2 aromatic rings. The van der Waals surface area contributed by atoms with E-state index in [4.69, 9.17) is 21.5 Å². The van der Waals surface area contributed by atoms with Gasteiger partial charge in [-0.05, 0) is 31.2 Å². The summed E-state index contributed by atoms with van der Waals surface area (Å²) >= 11 is 0. The molecule has 1 aromatic heterocycles. The van der Waals surface area contributed by atoms with Crippen molar-refractivity contribution in [3.63, 3.8) is 0 Å². The van der Waals surface area contributed by atoms with Gasteiger partial charge in [-0.15, -0.1) is 0 Å². The van der Waals surface area contributed by atoms with E-state index in [0.29, 0.717) is 23.7 Å². The normalized spacial score (nSPS) is 18.1. The number of benzene rings is 1. The Bertz CT molecular complexity index is 1160. The number of nitrogens with zero attached hydrogens (tertiary/aromatic N) is 6. The number of fused-ring (bicyclic) bond motifs is 1. The predicted octanol–water partition coefficient (Wildman–Crippen LogP) is 1.08. The maximum Gasteiger partial charge on any atom is 0.211 e. The van der Waals surface area contributed by atoms with Crippen LogP contribution in [-0.4, -0.2) is 67.1 Å². The SMILES string of the molecule is CN1CCN(CCCOc2cccc(C3N=C(NC#N)Nc4nc(N)c(C#N)c(N)c43)c2)CC1. The van der Waals surface area contributed by atoms with Gasteiger partial charge in [-0.1, -0.05) is 12.1 Å². The molecule has 3 heterocycles. The predicted molar refractivity (Wildman–Crippen MR) is 130 cm³/mol. The monoisotopic (exact) mass is 460 g/mol. The highest BCUT2D eigenvalue weighted by Gasteiger charge is 2.29. The van der Waals surface area contributed by atoms with Gasteiger partial charge in [0.1, 0.15) is 35.1 Å². The van der Waals surface area contributed by atoms with Gasteiger partial charge in [0.25, 0.3) is 0 Å². The summed E-state index contributed by atoms with van der Waals surface area (Å²) in [5.41, 5.74) is 13.8. The van der Waals surface area contributed by atoms with E-state index in [1.807, 2.05) is 36.5 Å². The first-order chi connectivity index (χ1) is 16.5. The van der Waals surface area contributed by atoms with Gasteiger partial charge in [0.15, 0.2) is 6.19 Å². The van der Waals surface area contributed by atoms with Crippen LogP contribution in [-0.2, 0) is 0 Å². The summed E-state index contributed by atoms with van der Waals surface area (Å²) in [5.74, 6) is 1.30. The molecule has 6 N–H and O–H groups in total. The standard InChI is InChI=1S/C23H28N10O/c1-32-7-9-33(10-8-32)6-3-11-34-16-5-2-4-15(12-16)20-18-19(26)17(13-24)21(27)30-22(18)31-23(29-20)28-14-25/h2,4-5,12,20H,3,6-11H2,1H3,(H6,26,27,28,29,30,31). The third-order valence-electron chi connectivity index (χ3n) is 6.01. The maximum absolute atomic E-state index is 9.48. The second kappa shape index (κ2) is 10.3. The summed E-state index contributed by atoms with van der Waals surface area (Å²) in [6, 6.07) is 8.98. The third-order valence-corrected chi connectivity index (χ3v) is 6.01. The number of pyridine rings is 1. The van der Waals surface area contributed by atoms with E-state index in [0.717, 1.165) is 44.7 Å². The lowest BCUT2D eigenvalue weighted by molar-refractivity contribution is 0.145. The van der Waals surface area contributed by atoms with Crippen LogP contribution < -0.4 is 26.8 Å². The number of nitriles is 2. The average molecular weight is 461 g/mol. The van der Waals surface area contributed by atoms with E-state index in [9.17, 15) is 5.26 Å². The molecule has 1 unspecified atom stereocenters. The van der Waals surface area contributed by atoms with Gasteiger partial charge in [0.05, 0.1) is 12.3 Å². The molecule has 0 saturated carbocycles. The average Bonchev–Trinajstić information content (AvgIpc) is 2.83. The first kappa shape index (κ1) is 23.1. The van der Waals surface area contributed by atoms with Crippen LogP contribution in [0.1, 0.15) is 29.2 Å². The van der Waals surface area contributed by atoms with E-state index < -0.39 is 6.04 Å². The number of nitrogens with two attached hydrogens (primary N) is 2. The molecule has 0 amide bonds. The van der Waals surface area contributed by atoms with E-state index >= 15 is 0 Å². The largest absolute Gasteiger partial charge is 0.494 e. The molecule has 2 aliphatic heterocycles. The molecule has 11 heteroatoms. The van der Waals surface area contributed by atoms with Crippen LogP contribution in [0.25, 0.3) is 0 Å². The Morgan fingerprint density at radius 1 is 1.24 bits per heavy atom. The van der Waals surface area contributed by atoms with Crippen molar-refractivity contribution in [1.82, 2.24) is 20.1 Å². The van der Waals surface area contributed by atoms with Crippen molar-refractivity contribution in [3.05, 3.63) is 41.0 Å². The molecule has 1 aromatic carbocycles. The second-order valence-electron chi connectivity index (χ2n) is 8.32. The molecule has 0 aliphatic carbocycles. The van der Waals surface area contributed by atoms with E-state index in [2.05, 4.69) is 37.5 Å². The number of aliphatic imine (C=N–C) groups is 1. The van der Waals surface area contributed by atoms with Crippen molar-refractivity contribution < 1.29 is 4.74 Å². The maximum atomic E-state index is 9.48. The zero-order chi connectivity index (χ0) is 24.1. The molecule has 34 heavy (non-hydrogen) atoms. The number of anilines is 3. The van der Waals surface area contributed by atoms with Crippen LogP contribution in [0.15, 0.2) is 29.3 Å². The highest BCUT2D eigenvalue weighted by atomic mass is 16.5. The number of hydrogen-bond acceptors (Lipinski definition) is 11. The highest BCUT2D eigenvalue weighted by molar-refractivity contribution is 5.98. The zero-order valence-electron chi connectivity index (χ0n) is 19.1. The molecule has 0 radical (unpaired) electrons. The second-order valence-corrected chi connectivity index (χ2v) is 8.32. The number of piperazine rings is 1. The highest BCUT2D eigenvalue weighted by Crippen LogP contribution is 2.41. The van der Waals surface area contributed by atoms with Crippen LogP contribution in [0.4, 0.5) is 17.3 Å². The van der Waals surface area contributed by atoms with Crippen LogP contribution in [0, 0.1) is 22.8 Å². The van der Waals surface area contributed by atoms with Gasteiger partial charge in [-0.25, -0.2) is 9.98 Å². The molecule has 0 bridgehead atoms. The van der Waals surface area contributed by atoms with Crippen molar-refractivity contribution in [2.45, 2.75) is 12.5 Å². The molecular formula is C23H28N10O. The van der Waals surface area contributed by atoms with Crippen molar-refractivity contribution >= 4 is 23.3 Å². The summed E-state index contributed by atoms with van der Waals surface area (Å²) in [6.45, 7) is 5.97. The molecule has 176 valence electrons. The summed E-state index contributed by atoms with van der Waals surface area (Å²) in [5, 5.41) is 24.0. The number of ether oxygens (including phenoxy) is 1. The van der Waals surface area contributed by atoms with Crippen LogP contribution in [0.5, 0.6) is 5.75 Å². The molecule has 2 aliphatic rings. The topological polar surface area (TPSA) is 165 Å². The van der Waals surface area contributed by atoms with E-state index in [1.54, 1.807) is 0 Å². The number of aromatic nitrogens is 1. The van der Waals surface area contributed by atoms with Gasteiger partial charge < -0.3 is 31.3 Å². The molecule has 1 fully saturated rings. The first-order valence-corrected chi connectivity index (χ1v) is 11.1. The van der Waals surface area contributed by atoms with Crippen molar-refractivity contribution in [2.75, 3.05) is 63.2 Å². The molecule has 0 spiro atoms. The molecule has 4 rings (SSSR count). The van der Waals surface area contributed by atoms with E-state index in [1.165, 1.54) is 0 Å². The lowest BCUT2D eigenvalue weighted by Crippen LogP contribution is -2.44. The molecule has 1 saturated heterocycles. The molecular weight excluding hydrogens is 432 g/mol. The summed E-state index contributed by atoms with van der Waals surface area (Å²) in [6.07, 6.45) is 2.78. The zero-order valence-corrected chi connectivity index (χ0v) is 19.1. The number of hydrogen-bond donors (Lipinski definition) is 4. The fourth-order valence-electron chi connectivity index (χ4n) is 4.15. The number of nitrogens with one attached hydrogen (secondary N) is 2. The first-order valence-electron chi connectivity index (χ1n) is 11.1. The fraction of sp³-hybridized carbons (Fsp3) is 0.391. The van der Waals surface area contributed by atoms with Gasteiger partial charge in [0, 0.05) is 38.3 Å². The Morgan fingerprint density at radius 3 is 2.76 bits per heavy atom. The van der Waals surface area contributed by atoms with Crippen molar-refractivity contribution in [1.29, 1.82) is 10.5 Å². The lowest BCUT2D eigenvalue weighted by Gasteiger charge is -2.32. The molecule has 11 nitrogen and oxygen atoms in total. The Labute approximate surface area is 198 Å². The smallest absolute Gasteiger partial charge is 0.211 e. The van der Waals surface area contributed by atoms with Crippen molar-refractivity contribution in [2.24, 2.45) is 4.99 Å². The fourth-order valence-corrected chi connectivity index (χ4v) is 4.15. The van der Waals surface area contributed by atoms with Gasteiger partial charge >= 0.3 is 0 Å². The van der Waals surface area contributed by atoms with Gasteiger partial charge in [-0.3, -0.25) is 5.32 Å². The Morgan fingerprint density at radius 2 is 2.03 bits per heavy atom. The minimum absolute atomic E-state index is 0.0145. The molecule has 1 atom stereocenters. The van der Waals surface area contributed by atoms with Gasteiger partial charge in [-0.2, -0.15) is 10.5 Å². The van der Waals surface area contributed by atoms with Crippen LogP contribution in [0.3, 0.4) is 0 Å². The van der Waals surface area contributed by atoms with Crippen molar-refractivity contribution in [3.8, 4) is 18.0 Å². The van der Waals surface area contributed by atoms with Gasteiger partial charge in [0.2, 0.25) is 5.96 Å².